The summed E-state index contributed by atoms with van der Waals surface area (Å²) in [7, 11) is 0. The SMILES string of the molecule is Cc1ccc(Sc2ncccc2C(=O)OCC(=O)NC(=O)NC(C)(C)C)cc1. The predicted molar refractivity (Wildman–Crippen MR) is 106 cm³/mol. The molecule has 7 nitrogen and oxygen atoms in total. The molecule has 2 aromatic rings. The lowest BCUT2D eigenvalue weighted by molar-refractivity contribution is -0.123. The summed E-state index contributed by atoms with van der Waals surface area (Å²) in [5.74, 6) is -1.40. The van der Waals surface area contributed by atoms with E-state index in [1.807, 2.05) is 31.2 Å². The number of nitrogens with one attached hydrogen (secondary N) is 2. The molecule has 2 rings (SSSR count). The second-order valence-corrected chi connectivity index (χ2v) is 8.16. The highest BCUT2D eigenvalue weighted by atomic mass is 32.2. The molecule has 0 aliphatic heterocycles. The first-order valence-electron chi connectivity index (χ1n) is 8.63. The molecule has 148 valence electrons. The monoisotopic (exact) mass is 401 g/mol. The van der Waals surface area contributed by atoms with Crippen LogP contribution in [0, 0.1) is 6.92 Å². The van der Waals surface area contributed by atoms with Crippen LogP contribution < -0.4 is 10.6 Å². The molecule has 0 spiro atoms. The molecule has 8 heteroatoms. The van der Waals surface area contributed by atoms with E-state index >= 15 is 0 Å². The Bertz CT molecular complexity index is 860. The van der Waals surface area contributed by atoms with Crippen LogP contribution in [0.3, 0.4) is 0 Å². The van der Waals surface area contributed by atoms with Gasteiger partial charge in [0.2, 0.25) is 0 Å². The van der Waals surface area contributed by atoms with E-state index in [2.05, 4.69) is 15.6 Å². The number of nitrogens with zero attached hydrogens (tertiary/aromatic N) is 1. The standard InChI is InChI=1S/C20H23N3O4S/c1-13-7-9-14(10-8-13)28-17-15(6-5-11-21-17)18(25)27-12-16(24)22-19(26)23-20(2,3)4/h5-11H,12H2,1-4H3,(H2,22,23,24,26). The zero-order valence-corrected chi connectivity index (χ0v) is 17.1. The van der Waals surface area contributed by atoms with Crippen LogP contribution in [0.15, 0.2) is 52.5 Å². The van der Waals surface area contributed by atoms with Crippen molar-refractivity contribution >= 4 is 29.7 Å². The topological polar surface area (TPSA) is 97.4 Å². The minimum atomic E-state index is -0.716. The van der Waals surface area contributed by atoms with Crippen molar-refractivity contribution in [1.29, 1.82) is 0 Å². The Hall–Kier alpha value is -2.87. The average Bonchev–Trinajstić information content (AvgIpc) is 2.60. The summed E-state index contributed by atoms with van der Waals surface area (Å²) < 4.78 is 5.03. The van der Waals surface area contributed by atoms with E-state index in [-0.39, 0.29) is 5.56 Å². The summed E-state index contributed by atoms with van der Waals surface area (Å²) >= 11 is 1.33. The quantitative estimate of drug-likeness (QED) is 0.746. The number of amides is 3. The first kappa shape index (κ1) is 21.4. The first-order chi connectivity index (χ1) is 13.1. The van der Waals surface area contributed by atoms with Gasteiger partial charge in [-0.1, -0.05) is 29.5 Å². The van der Waals surface area contributed by atoms with Crippen molar-refractivity contribution in [2.24, 2.45) is 0 Å². The van der Waals surface area contributed by atoms with Crippen molar-refractivity contribution in [3.63, 3.8) is 0 Å². The molecule has 0 bridgehead atoms. The Morgan fingerprint density at radius 2 is 1.79 bits per heavy atom. The fourth-order valence-corrected chi connectivity index (χ4v) is 2.96. The fourth-order valence-electron chi connectivity index (χ4n) is 2.09. The van der Waals surface area contributed by atoms with E-state index in [0.29, 0.717) is 5.03 Å². The number of imide groups is 1. The number of pyridine rings is 1. The molecule has 1 heterocycles. The summed E-state index contributed by atoms with van der Waals surface area (Å²) in [5.41, 5.74) is 0.894. The molecule has 0 atom stereocenters. The second-order valence-electron chi connectivity index (χ2n) is 7.10. The lowest BCUT2D eigenvalue weighted by Gasteiger charge is -2.20. The molecule has 0 radical (unpaired) electrons. The van der Waals surface area contributed by atoms with Crippen LogP contribution in [-0.2, 0) is 9.53 Å². The van der Waals surface area contributed by atoms with Crippen LogP contribution >= 0.6 is 11.8 Å². The summed E-state index contributed by atoms with van der Waals surface area (Å²) in [5, 5.41) is 5.18. The second kappa shape index (κ2) is 9.36. The predicted octanol–water partition coefficient (Wildman–Crippen LogP) is 3.32. The highest BCUT2D eigenvalue weighted by molar-refractivity contribution is 7.99. The first-order valence-corrected chi connectivity index (χ1v) is 9.44. The van der Waals surface area contributed by atoms with Crippen LogP contribution in [0.1, 0.15) is 36.7 Å². The van der Waals surface area contributed by atoms with Crippen molar-refractivity contribution < 1.29 is 19.1 Å². The summed E-state index contributed by atoms with van der Waals surface area (Å²) in [4.78, 5) is 41.0. The van der Waals surface area contributed by atoms with Gasteiger partial charge in [-0.05, 0) is 52.0 Å². The summed E-state index contributed by atoms with van der Waals surface area (Å²) in [6, 6.07) is 10.4. The maximum atomic E-state index is 12.4. The molecule has 0 aliphatic rings. The zero-order chi connectivity index (χ0) is 20.7. The molecular weight excluding hydrogens is 378 g/mol. The van der Waals surface area contributed by atoms with Gasteiger partial charge in [-0.25, -0.2) is 14.6 Å². The van der Waals surface area contributed by atoms with Gasteiger partial charge >= 0.3 is 12.0 Å². The van der Waals surface area contributed by atoms with E-state index in [4.69, 9.17) is 4.74 Å². The molecule has 0 fully saturated rings. The van der Waals surface area contributed by atoms with Crippen molar-refractivity contribution in [2.45, 2.75) is 43.2 Å². The highest BCUT2D eigenvalue weighted by Gasteiger charge is 2.19. The Balaban J connectivity index is 1.96. The van der Waals surface area contributed by atoms with Crippen LogP contribution in [0.25, 0.3) is 0 Å². The molecule has 0 saturated heterocycles. The minimum absolute atomic E-state index is 0.250. The van der Waals surface area contributed by atoms with Gasteiger partial charge in [0, 0.05) is 16.6 Å². The number of carbonyl (C=O) groups is 3. The Kier molecular flexibility index (Phi) is 7.17. The smallest absolute Gasteiger partial charge is 0.341 e. The molecular formula is C20H23N3O4S. The van der Waals surface area contributed by atoms with Gasteiger partial charge in [-0.2, -0.15) is 0 Å². The van der Waals surface area contributed by atoms with Gasteiger partial charge in [0.15, 0.2) is 6.61 Å². The van der Waals surface area contributed by atoms with Gasteiger partial charge in [-0.15, -0.1) is 0 Å². The fraction of sp³-hybridized carbons (Fsp3) is 0.300. The third kappa shape index (κ3) is 7.03. The maximum absolute atomic E-state index is 12.4. The number of hydrogen-bond acceptors (Lipinski definition) is 6. The largest absolute Gasteiger partial charge is 0.452 e. The van der Waals surface area contributed by atoms with Crippen LogP contribution in [0.2, 0.25) is 0 Å². The van der Waals surface area contributed by atoms with Gasteiger partial charge in [0.1, 0.15) is 5.03 Å². The third-order valence-electron chi connectivity index (χ3n) is 3.30. The number of aryl methyl sites for hydroxylation is 1. The molecule has 0 saturated carbocycles. The molecule has 0 aliphatic carbocycles. The van der Waals surface area contributed by atoms with Crippen LogP contribution in [-0.4, -0.2) is 35.0 Å². The molecule has 3 amide bonds. The van der Waals surface area contributed by atoms with E-state index in [1.165, 1.54) is 11.8 Å². The molecule has 1 aromatic heterocycles. The molecule has 2 N–H and O–H groups in total. The Labute approximate surface area is 168 Å². The Morgan fingerprint density at radius 1 is 1.11 bits per heavy atom. The molecule has 0 unspecified atom stereocenters. The molecule has 28 heavy (non-hydrogen) atoms. The number of hydrogen-bond donors (Lipinski definition) is 2. The van der Waals surface area contributed by atoms with E-state index in [1.54, 1.807) is 39.1 Å². The Morgan fingerprint density at radius 3 is 2.43 bits per heavy atom. The van der Waals surface area contributed by atoms with Crippen molar-refractivity contribution in [3.8, 4) is 0 Å². The number of carbonyl (C=O) groups excluding carboxylic acids is 3. The van der Waals surface area contributed by atoms with Crippen LogP contribution in [0.4, 0.5) is 4.79 Å². The average molecular weight is 401 g/mol. The maximum Gasteiger partial charge on any atom is 0.341 e. The summed E-state index contributed by atoms with van der Waals surface area (Å²) in [6.07, 6.45) is 1.58. The van der Waals surface area contributed by atoms with Crippen molar-refractivity contribution in [3.05, 3.63) is 53.7 Å². The molecule has 1 aromatic carbocycles. The van der Waals surface area contributed by atoms with E-state index in [9.17, 15) is 14.4 Å². The minimum Gasteiger partial charge on any atom is -0.452 e. The summed E-state index contributed by atoms with van der Waals surface area (Å²) in [6.45, 7) is 6.77. The van der Waals surface area contributed by atoms with Gasteiger partial charge in [0.05, 0.1) is 5.56 Å². The third-order valence-corrected chi connectivity index (χ3v) is 4.33. The lowest BCUT2D eigenvalue weighted by atomic mass is 10.1. The van der Waals surface area contributed by atoms with Gasteiger partial charge < -0.3 is 10.1 Å². The van der Waals surface area contributed by atoms with Gasteiger partial charge in [0.25, 0.3) is 5.91 Å². The zero-order valence-electron chi connectivity index (χ0n) is 16.2. The highest BCUT2D eigenvalue weighted by Crippen LogP contribution is 2.29. The number of ether oxygens (including phenoxy) is 1. The normalized spacial score (nSPS) is 10.9. The van der Waals surface area contributed by atoms with Crippen molar-refractivity contribution in [1.82, 2.24) is 15.6 Å². The number of aromatic nitrogens is 1. The number of esters is 1. The van der Waals surface area contributed by atoms with Crippen molar-refractivity contribution in [2.75, 3.05) is 6.61 Å². The number of benzene rings is 1. The number of rotatable bonds is 5. The lowest BCUT2D eigenvalue weighted by Crippen LogP contribution is -2.49. The van der Waals surface area contributed by atoms with E-state index in [0.717, 1.165) is 10.5 Å². The van der Waals surface area contributed by atoms with Gasteiger partial charge in [-0.3, -0.25) is 10.1 Å². The number of urea groups is 1. The van der Waals surface area contributed by atoms with Crippen LogP contribution in [0.5, 0.6) is 0 Å². The van der Waals surface area contributed by atoms with E-state index < -0.39 is 30.1 Å².